The second-order valence-corrected chi connectivity index (χ2v) is 5.62. The minimum absolute atomic E-state index is 0.217. The van der Waals surface area contributed by atoms with E-state index in [1.54, 1.807) is 6.20 Å². The van der Waals surface area contributed by atoms with Gasteiger partial charge in [-0.3, -0.25) is 14.8 Å². The van der Waals surface area contributed by atoms with Gasteiger partial charge in [0.1, 0.15) is 5.54 Å². The molecular formula is C13H22N4O. The Bertz CT molecular complexity index is 436. The molecule has 1 aromatic heterocycles. The maximum Gasteiger partial charge on any atom is 0.239 e. The van der Waals surface area contributed by atoms with Crippen LogP contribution in [0.25, 0.3) is 0 Å². The number of nitrogens with one attached hydrogen (secondary N) is 1. The SMILES string of the molecule is Cc1cnn(CC(NC(C)C)(C(N)=O)C2CC2)c1. The van der Waals surface area contributed by atoms with Crippen LogP contribution in [0.15, 0.2) is 12.4 Å². The summed E-state index contributed by atoms with van der Waals surface area (Å²) in [4.78, 5) is 12.0. The standard InChI is InChI=1S/C13H22N4O/c1-9(2)16-13(12(14)18,11-4-5-11)8-17-7-10(3)6-15-17/h6-7,9,11,16H,4-5,8H2,1-3H3,(H2,14,18). The predicted octanol–water partition coefficient (Wildman–Crippen LogP) is 0.824. The number of hydrogen-bond donors (Lipinski definition) is 2. The van der Waals surface area contributed by atoms with Crippen molar-refractivity contribution in [2.75, 3.05) is 0 Å². The van der Waals surface area contributed by atoms with E-state index in [-0.39, 0.29) is 11.9 Å². The van der Waals surface area contributed by atoms with E-state index >= 15 is 0 Å². The molecule has 1 saturated carbocycles. The number of rotatable bonds is 6. The lowest BCUT2D eigenvalue weighted by Gasteiger charge is -2.34. The topological polar surface area (TPSA) is 72.9 Å². The highest BCUT2D eigenvalue weighted by atomic mass is 16.1. The summed E-state index contributed by atoms with van der Waals surface area (Å²) >= 11 is 0. The van der Waals surface area contributed by atoms with E-state index in [1.807, 2.05) is 31.6 Å². The number of primary amides is 1. The molecule has 0 aromatic carbocycles. The molecule has 5 nitrogen and oxygen atoms in total. The van der Waals surface area contributed by atoms with Gasteiger partial charge in [0.15, 0.2) is 0 Å². The summed E-state index contributed by atoms with van der Waals surface area (Å²) in [7, 11) is 0. The van der Waals surface area contributed by atoms with Crippen LogP contribution in [-0.4, -0.2) is 27.3 Å². The molecular weight excluding hydrogens is 228 g/mol. The molecule has 0 spiro atoms. The van der Waals surface area contributed by atoms with E-state index in [2.05, 4.69) is 10.4 Å². The summed E-state index contributed by atoms with van der Waals surface area (Å²) in [5.74, 6) is 0.0637. The number of aryl methyl sites for hydroxylation is 1. The summed E-state index contributed by atoms with van der Waals surface area (Å²) in [5, 5.41) is 7.65. The molecule has 3 N–H and O–H groups in total. The molecule has 5 heteroatoms. The molecule has 1 aliphatic rings. The van der Waals surface area contributed by atoms with E-state index in [0.717, 1.165) is 18.4 Å². The first-order chi connectivity index (χ1) is 8.44. The van der Waals surface area contributed by atoms with Gasteiger partial charge in [0.05, 0.1) is 12.7 Å². The summed E-state index contributed by atoms with van der Waals surface area (Å²) in [6.07, 6.45) is 5.86. The van der Waals surface area contributed by atoms with Crippen LogP contribution in [0.2, 0.25) is 0 Å². The van der Waals surface area contributed by atoms with Crippen molar-refractivity contribution < 1.29 is 4.79 Å². The van der Waals surface area contributed by atoms with Crippen molar-refractivity contribution in [3.8, 4) is 0 Å². The Balaban J connectivity index is 2.25. The molecule has 0 radical (unpaired) electrons. The van der Waals surface area contributed by atoms with Crippen molar-refractivity contribution in [2.45, 2.75) is 51.7 Å². The first kappa shape index (κ1) is 13.1. The Hall–Kier alpha value is -1.36. The summed E-state index contributed by atoms with van der Waals surface area (Å²) in [6, 6.07) is 0.217. The maximum atomic E-state index is 12.0. The monoisotopic (exact) mass is 250 g/mol. The lowest BCUT2D eigenvalue weighted by atomic mass is 9.91. The molecule has 1 fully saturated rings. The van der Waals surface area contributed by atoms with Gasteiger partial charge in [0.25, 0.3) is 0 Å². The molecule has 2 rings (SSSR count). The number of hydrogen-bond acceptors (Lipinski definition) is 3. The van der Waals surface area contributed by atoms with E-state index < -0.39 is 5.54 Å². The molecule has 100 valence electrons. The number of amides is 1. The lowest BCUT2D eigenvalue weighted by Crippen LogP contribution is -2.61. The molecule has 1 aliphatic carbocycles. The molecule has 1 atom stereocenters. The number of carbonyl (C=O) groups is 1. The highest BCUT2D eigenvalue weighted by Crippen LogP contribution is 2.41. The van der Waals surface area contributed by atoms with Crippen LogP contribution in [0.3, 0.4) is 0 Å². The average molecular weight is 250 g/mol. The number of carbonyl (C=O) groups excluding carboxylic acids is 1. The Kier molecular flexibility index (Phi) is 3.43. The van der Waals surface area contributed by atoms with Crippen LogP contribution in [0.1, 0.15) is 32.3 Å². The predicted molar refractivity (Wildman–Crippen MR) is 69.9 cm³/mol. The van der Waals surface area contributed by atoms with Crippen molar-refractivity contribution in [3.63, 3.8) is 0 Å². The van der Waals surface area contributed by atoms with Crippen molar-refractivity contribution in [3.05, 3.63) is 18.0 Å². The zero-order valence-electron chi connectivity index (χ0n) is 11.3. The zero-order valence-corrected chi connectivity index (χ0v) is 11.3. The van der Waals surface area contributed by atoms with Crippen LogP contribution in [0.5, 0.6) is 0 Å². The van der Waals surface area contributed by atoms with Gasteiger partial charge in [-0.25, -0.2) is 0 Å². The minimum Gasteiger partial charge on any atom is -0.368 e. The van der Waals surface area contributed by atoms with Crippen LogP contribution in [0, 0.1) is 12.8 Å². The largest absolute Gasteiger partial charge is 0.368 e. The molecule has 1 unspecified atom stereocenters. The first-order valence-corrected chi connectivity index (χ1v) is 6.50. The molecule has 18 heavy (non-hydrogen) atoms. The van der Waals surface area contributed by atoms with Crippen molar-refractivity contribution in [1.82, 2.24) is 15.1 Å². The van der Waals surface area contributed by atoms with Crippen LogP contribution in [0.4, 0.5) is 0 Å². The third-order valence-electron chi connectivity index (χ3n) is 3.43. The minimum atomic E-state index is -0.660. The van der Waals surface area contributed by atoms with Gasteiger partial charge in [0, 0.05) is 12.2 Å². The van der Waals surface area contributed by atoms with Crippen LogP contribution >= 0.6 is 0 Å². The van der Waals surface area contributed by atoms with E-state index in [4.69, 9.17) is 5.73 Å². The highest BCUT2D eigenvalue weighted by molar-refractivity contribution is 5.85. The smallest absolute Gasteiger partial charge is 0.239 e. The van der Waals surface area contributed by atoms with Gasteiger partial charge in [0.2, 0.25) is 5.91 Å². The van der Waals surface area contributed by atoms with Crippen molar-refractivity contribution in [1.29, 1.82) is 0 Å². The molecule has 1 amide bonds. The van der Waals surface area contributed by atoms with E-state index in [0.29, 0.717) is 12.5 Å². The van der Waals surface area contributed by atoms with Crippen molar-refractivity contribution in [2.24, 2.45) is 11.7 Å². The lowest BCUT2D eigenvalue weighted by molar-refractivity contribution is -0.126. The highest BCUT2D eigenvalue weighted by Gasteiger charge is 2.50. The van der Waals surface area contributed by atoms with Crippen LogP contribution < -0.4 is 11.1 Å². The second-order valence-electron chi connectivity index (χ2n) is 5.62. The summed E-state index contributed by atoms with van der Waals surface area (Å²) in [6.45, 7) is 6.57. The number of nitrogens with two attached hydrogens (primary N) is 1. The Morgan fingerprint density at radius 2 is 2.33 bits per heavy atom. The fraction of sp³-hybridized carbons (Fsp3) is 0.692. The second kappa shape index (κ2) is 4.72. The van der Waals surface area contributed by atoms with Crippen molar-refractivity contribution >= 4 is 5.91 Å². The quantitative estimate of drug-likeness (QED) is 0.785. The third kappa shape index (κ3) is 2.56. The molecule has 0 bridgehead atoms. The Morgan fingerprint density at radius 1 is 1.67 bits per heavy atom. The Labute approximate surface area is 108 Å². The first-order valence-electron chi connectivity index (χ1n) is 6.50. The molecule has 0 saturated heterocycles. The zero-order chi connectivity index (χ0) is 13.3. The van der Waals surface area contributed by atoms with Gasteiger partial charge < -0.3 is 5.73 Å². The molecule has 1 heterocycles. The Morgan fingerprint density at radius 3 is 2.72 bits per heavy atom. The van der Waals surface area contributed by atoms with Gasteiger partial charge in [-0.15, -0.1) is 0 Å². The van der Waals surface area contributed by atoms with Gasteiger partial charge >= 0.3 is 0 Å². The normalized spacial score (nSPS) is 18.9. The van der Waals surface area contributed by atoms with E-state index in [9.17, 15) is 4.79 Å². The van der Waals surface area contributed by atoms with Crippen LogP contribution in [-0.2, 0) is 11.3 Å². The van der Waals surface area contributed by atoms with E-state index in [1.165, 1.54) is 0 Å². The average Bonchev–Trinajstić information content (AvgIpc) is 3.02. The number of aromatic nitrogens is 2. The van der Waals surface area contributed by atoms with Gasteiger partial charge in [-0.2, -0.15) is 5.10 Å². The maximum absolute atomic E-state index is 12.0. The van der Waals surface area contributed by atoms with Gasteiger partial charge in [-0.1, -0.05) is 0 Å². The van der Waals surface area contributed by atoms with Gasteiger partial charge in [-0.05, 0) is 45.1 Å². The summed E-state index contributed by atoms with van der Waals surface area (Å²) < 4.78 is 1.81. The molecule has 1 aromatic rings. The summed E-state index contributed by atoms with van der Waals surface area (Å²) in [5.41, 5.74) is 6.10. The third-order valence-corrected chi connectivity index (χ3v) is 3.43. The fourth-order valence-electron chi connectivity index (χ4n) is 2.54. The fourth-order valence-corrected chi connectivity index (χ4v) is 2.54. The number of nitrogens with zero attached hydrogens (tertiary/aromatic N) is 2. The molecule has 0 aliphatic heterocycles.